The van der Waals surface area contributed by atoms with E-state index < -0.39 is 21.8 Å². The fourth-order valence-corrected chi connectivity index (χ4v) is 5.65. The zero-order chi connectivity index (χ0) is 25.8. The Labute approximate surface area is 208 Å². The summed E-state index contributed by atoms with van der Waals surface area (Å²) in [4.78, 5) is 31.5. The highest BCUT2D eigenvalue weighted by Gasteiger charge is 2.21. The van der Waals surface area contributed by atoms with Gasteiger partial charge in [0, 0.05) is 42.7 Å². The predicted molar refractivity (Wildman–Crippen MR) is 133 cm³/mol. The van der Waals surface area contributed by atoms with Crippen LogP contribution in [0.1, 0.15) is 51.2 Å². The number of hydrogen-bond acceptors (Lipinski definition) is 6. The highest BCUT2D eigenvalue weighted by molar-refractivity contribution is 7.91. The van der Waals surface area contributed by atoms with Crippen LogP contribution < -0.4 is 0 Å². The van der Waals surface area contributed by atoms with Crippen LogP contribution >= 0.6 is 11.6 Å². The molecule has 2 aromatic heterocycles. The number of rotatable bonds is 6. The van der Waals surface area contributed by atoms with E-state index in [4.69, 9.17) is 21.8 Å². The number of aromatic nitrogens is 2. The number of pyridine rings is 1. The lowest BCUT2D eigenvalue weighted by molar-refractivity contribution is 0.0695. The van der Waals surface area contributed by atoms with Crippen LogP contribution in [0.5, 0.6) is 0 Å². The number of carboxylic acids is 2. The summed E-state index contributed by atoms with van der Waals surface area (Å²) in [5, 5.41) is 18.2. The number of aryl methyl sites for hydroxylation is 1. The quantitative estimate of drug-likeness (QED) is 0.441. The Hall–Kier alpha value is -2.95. The van der Waals surface area contributed by atoms with Gasteiger partial charge < -0.3 is 20.1 Å². The molecule has 11 heteroatoms. The minimum absolute atomic E-state index is 0.0417. The molecule has 1 saturated heterocycles. The van der Waals surface area contributed by atoms with Crippen molar-refractivity contribution in [3.05, 3.63) is 58.0 Å². The van der Waals surface area contributed by atoms with Gasteiger partial charge in [0.25, 0.3) is 0 Å². The SMILES string of the molecule is CS(=O)(=O)c1c(CCN2CCCCC2)[nH]c2ccncc12.Cc1cc(Cl)c(C(=O)O)cc1C(=O)O. The summed E-state index contributed by atoms with van der Waals surface area (Å²) in [6.45, 7) is 4.70. The average molecular weight is 522 g/mol. The van der Waals surface area contributed by atoms with E-state index in [2.05, 4.69) is 14.9 Å². The number of aromatic amines is 1. The number of carboxylic acid groups (broad SMARTS) is 2. The van der Waals surface area contributed by atoms with E-state index in [1.165, 1.54) is 31.6 Å². The molecule has 0 unspecified atom stereocenters. The van der Waals surface area contributed by atoms with Crippen molar-refractivity contribution >= 4 is 44.3 Å². The standard InChI is InChI=1S/C15H21N3O2S.C9H7ClO4/c1-21(19,20)15-12-11-16-7-5-13(12)17-14(15)6-10-18-8-3-2-4-9-18;1-4-2-7(10)6(9(13)14)3-5(4)8(11)12/h5,7,11,17H,2-4,6,8-10H2,1H3;2-3H,1H3,(H,11,12)(H,13,14). The van der Waals surface area contributed by atoms with Crippen molar-refractivity contribution in [2.75, 3.05) is 25.9 Å². The van der Waals surface area contributed by atoms with E-state index >= 15 is 0 Å². The van der Waals surface area contributed by atoms with Gasteiger partial charge >= 0.3 is 11.9 Å². The first-order valence-corrected chi connectivity index (χ1v) is 13.4. The second kappa shape index (κ2) is 11.2. The van der Waals surface area contributed by atoms with E-state index in [-0.39, 0.29) is 16.1 Å². The van der Waals surface area contributed by atoms with Crippen molar-refractivity contribution in [3.8, 4) is 0 Å². The molecule has 1 aliphatic heterocycles. The van der Waals surface area contributed by atoms with Crippen molar-refractivity contribution in [3.63, 3.8) is 0 Å². The summed E-state index contributed by atoms with van der Waals surface area (Å²) in [5.74, 6) is -2.40. The summed E-state index contributed by atoms with van der Waals surface area (Å²) in [6, 6.07) is 4.21. The fourth-order valence-electron chi connectivity index (χ4n) is 4.19. The third kappa shape index (κ3) is 6.59. The Morgan fingerprint density at radius 1 is 1.11 bits per heavy atom. The van der Waals surface area contributed by atoms with Crippen molar-refractivity contribution in [2.45, 2.75) is 37.5 Å². The van der Waals surface area contributed by atoms with Gasteiger partial charge in [0.15, 0.2) is 9.84 Å². The maximum absolute atomic E-state index is 12.1. The number of nitrogens with one attached hydrogen (secondary N) is 1. The number of benzene rings is 1. The molecule has 0 saturated carbocycles. The molecule has 0 radical (unpaired) electrons. The van der Waals surface area contributed by atoms with Gasteiger partial charge in [-0.15, -0.1) is 0 Å². The first kappa shape index (κ1) is 26.7. The number of sulfone groups is 1. The van der Waals surface area contributed by atoms with Gasteiger partial charge in [-0.3, -0.25) is 4.98 Å². The Kier molecular flexibility index (Phi) is 8.52. The van der Waals surface area contributed by atoms with Gasteiger partial charge in [-0.05, 0) is 56.6 Å². The molecule has 1 aliphatic rings. The largest absolute Gasteiger partial charge is 0.478 e. The van der Waals surface area contributed by atoms with Gasteiger partial charge in [-0.1, -0.05) is 18.0 Å². The molecular formula is C24H28ClN3O6S. The number of fused-ring (bicyclic) bond motifs is 1. The maximum Gasteiger partial charge on any atom is 0.337 e. The van der Waals surface area contributed by atoms with Crippen LogP contribution in [0.3, 0.4) is 0 Å². The zero-order valence-electron chi connectivity index (χ0n) is 19.5. The number of piperidine rings is 1. The average Bonchev–Trinajstić information content (AvgIpc) is 3.17. The molecule has 1 aromatic carbocycles. The van der Waals surface area contributed by atoms with Crippen LogP contribution in [0, 0.1) is 6.92 Å². The Morgan fingerprint density at radius 3 is 2.37 bits per heavy atom. The molecule has 3 aromatic rings. The molecule has 35 heavy (non-hydrogen) atoms. The lowest BCUT2D eigenvalue weighted by Crippen LogP contribution is -2.31. The Morgan fingerprint density at radius 2 is 1.77 bits per heavy atom. The summed E-state index contributed by atoms with van der Waals surface area (Å²) in [5.41, 5.74) is 1.85. The zero-order valence-corrected chi connectivity index (χ0v) is 21.1. The van der Waals surface area contributed by atoms with Gasteiger partial charge in [0.2, 0.25) is 0 Å². The summed E-state index contributed by atoms with van der Waals surface area (Å²) in [7, 11) is -3.26. The molecular weight excluding hydrogens is 494 g/mol. The van der Waals surface area contributed by atoms with Crippen LogP contribution in [0.25, 0.3) is 10.9 Å². The molecule has 0 atom stereocenters. The maximum atomic E-state index is 12.1. The van der Waals surface area contributed by atoms with Crippen LogP contribution in [0.15, 0.2) is 35.5 Å². The minimum atomic E-state index is -3.26. The molecule has 3 N–H and O–H groups in total. The van der Waals surface area contributed by atoms with Crippen LogP contribution in [0.2, 0.25) is 5.02 Å². The number of likely N-dealkylation sites (tertiary alicyclic amines) is 1. The van der Waals surface area contributed by atoms with E-state index in [0.29, 0.717) is 15.8 Å². The smallest absolute Gasteiger partial charge is 0.337 e. The van der Waals surface area contributed by atoms with Gasteiger partial charge in [-0.2, -0.15) is 0 Å². The van der Waals surface area contributed by atoms with E-state index in [1.54, 1.807) is 19.3 Å². The van der Waals surface area contributed by atoms with Crippen molar-refractivity contribution in [1.29, 1.82) is 0 Å². The number of aromatic carboxylic acids is 2. The molecule has 1 fully saturated rings. The second-order valence-corrected chi connectivity index (χ2v) is 10.9. The molecule has 4 rings (SSSR count). The van der Waals surface area contributed by atoms with Gasteiger partial charge in [0.1, 0.15) is 0 Å². The fraction of sp³-hybridized carbons (Fsp3) is 0.375. The third-order valence-electron chi connectivity index (χ3n) is 5.90. The molecule has 9 nitrogen and oxygen atoms in total. The minimum Gasteiger partial charge on any atom is -0.478 e. The molecule has 3 heterocycles. The first-order valence-electron chi connectivity index (χ1n) is 11.1. The summed E-state index contributed by atoms with van der Waals surface area (Å²) >= 11 is 5.63. The van der Waals surface area contributed by atoms with Gasteiger partial charge in [0.05, 0.1) is 26.6 Å². The second-order valence-electron chi connectivity index (χ2n) is 8.54. The van der Waals surface area contributed by atoms with Crippen molar-refractivity contribution in [2.24, 2.45) is 0 Å². The number of H-pyrrole nitrogens is 1. The lowest BCUT2D eigenvalue weighted by atomic mass is 10.1. The number of hydrogen-bond donors (Lipinski definition) is 3. The molecule has 0 amide bonds. The van der Waals surface area contributed by atoms with E-state index in [9.17, 15) is 18.0 Å². The molecule has 188 valence electrons. The summed E-state index contributed by atoms with van der Waals surface area (Å²) in [6.07, 6.45) is 9.12. The third-order valence-corrected chi connectivity index (χ3v) is 7.42. The monoisotopic (exact) mass is 521 g/mol. The van der Waals surface area contributed by atoms with Crippen molar-refractivity contribution in [1.82, 2.24) is 14.9 Å². The number of halogens is 1. The Balaban J connectivity index is 0.000000214. The van der Waals surface area contributed by atoms with Crippen LogP contribution in [-0.4, -0.2) is 71.3 Å². The lowest BCUT2D eigenvalue weighted by Gasteiger charge is -2.26. The molecule has 0 spiro atoms. The summed E-state index contributed by atoms with van der Waals surface area (Å²) < 4.78 is 24.2. The number of carbonyl (C=O) groups is 2. The predicted octanol–water partition coefficient (Wildman–Crippen LogP) is 4.04. The first-order chi connectivity index (χ1) is 16.5. The van der Waals surface area contributed by atoms with Crippen LogP contribution in [0.4, 0.5) is 0 Å². The number of nitrogens with zero attached hydrogens (tertiary/aromatic N) is 2. The Bertz CT molecular complexity index is 1310. The molecule has 0 bridgehead atoms. The van der Waals surface area contributed by atoms with Crippen molar-refractivity contribution < 1.29 is 28.2 Å². The van der Waals surface area contributed by atoms with Gasteiger partial charge in [-0.25, -0.2) is 18.0 Å². The highest BCUT2D eigenvalue weighted by Crippen LogP contribution is 2.27. The molecule has 0 aliphatic carbocycles. The normalized spacial score (nSPS) is 14.4. The topological polar surface area (TPSA) is 141 Å². The van der Waals surface area contributed by atoms with E-state index in [1.807, 2.05) is 6.07 Å². The van der Waals surface area contributed by atoms with Crippen LogP contribution in [-0.2, 0) is 16.3 Å². The highest BCUT2D eigenvalue weighted by atomic mass is 35.5. The van der Waals surface area contributed by atoms with E-state index in [0.717, 1.165) is 43.3 Å².